The fourth-order valence-electron chi connectivity index (χ4n) is 1.82. The molecule has 0 aromatic carbocycles. The largest absolute Gasteiger partial charge is 0.369 e. The molecule has 0 radical (unpaired) electrons. The Balaban J connectivity index is 2.34. The molecule has 0 N–H and O–H groups in total. The van der Waals surface area contributed by atoms with Gasteiger partial charge < -0.3 is 4.74 Å². The second-order valence-corrected chi connectivity index (χ2v) is 3.56. The van der Waals surface area contributed by atoms with Crippen LogP contribution in [-0.2, 0) is 4.74 Å². The van der Waals surface area contributed by atoms with Gasteiger partial charge in [-0.3, -0.25) is 0 Å². The fraction of sp³-hybridized carbons (Fsp3) is 0.600. The van der Waals surface area contributed by atoms with Crippen LogP contribution < -0.4 is 0 Å². The lowest BCUT2D eigenvalue weighted by atomic mass is 9.92. The van der Waals surface area contributed by atoms with Crippen molar-refractivity contribution in [2.45, 2.75) is 32.8 Å². The summed E-state index contributed by atoms with van der Waals surface area (Å²) >= 11 is 0. The van der Waals surface area contributed by atoms with E-state index in [0.717, 1.165) is 6.61 Å². The molecule has 1 unspecified atom stereocenters. The quantitative estimate of drug-likeness (QED) is 0.515. The first-order valence-corrected chi connectivity index (χ1v) is 4.26. The number of ether oxygens (including phenoxy) is 1. The van der Waals surface area contributed by atoms with Crippen LogP contribution in [0.1, 0.15) is 26.7 Å². The molecule has 1 heterocycles. The molecule has 0 aromatic heterocycles. The van der Waals surface area contributed by atoms with Crippen molar-refractivity contribution in [1.82, 2.24) is 0 Å². The highest BCUT2D eigenvalue weighted by atomic mass is 16.5. The van der Waals surface area contributed by atoms with Crippen molar-refractivity contribution in [2.24, 2.45) is 0 Å². The molecular weight excluding hydrogens is 136 g/mol. The molecule has 1 aliphatic heterocycles. The zero-order chi connectivity index (χ0) is 7.84. The van der Waals surface area contributed by atoms with Crippen molar-refractivity contribution >= 4 is 0 Å². The molecule has 2 rings (SSSR count). The summed E-state index contributed by atoms with van der Waals surface area (Å²) < 4.78 is 5.60. The van der Waals surface area contributed by atoms with E-state index in [0.29, 0.717) is 6.10 Å². The second-order valence-electron chi connectivity index (χ2n) is 3.56. The molecule has 0 aromatic rings. The number of fused-ring (bicyclic) bond motifs is 1. The maximum absolute atomic E-state index is 5.60. The lowest BCUT2D eigenvalue weighted by molar-refractivity contribution is 0.113. The molecule has 1 aliphatic carbocycles. The summed E-state index contributed by atoms with van der Waals surface area (Å²) in [7, 11) is 0. The van der Waals surface area contributed by atoms with Crippen molar-refractivity contribution in [3.8, 4) is 0 Å². The smallest absolute Gasteiger partial charge is 0.0832 e. The highest BCUT2D eigenvalue weighted by molar-refractivity contribution is 5.36. The van der Waals surface area contributed by atoms with Gasteiger partial charge in [0.15, 0.2) is 0 Å². The lowest BCUT2D eigenvalue weighted by Gasteiger charge is -2.18. The topological polar surface area (TPSA) is 9.23 Å². The van der Waals surface area contributed by atoms with Gasteiger partial charge in [0, 0.05) is 0 Å². The van der Waals surface area contributed by atoms with Gasteiger partial charge in [-0.05, 0) is 37.8 Å². The van der Waals surface area contributed by atoms with Gasteiger partial charge in [-0.1, -0.05) is 11.6 Å². The van der Waals surface area contributed by atoms with Gasteiger partial charge in [-0.15, -0.1) is 0 Å². The Bertz CT molecular complexity index is 235. The summed E-state index contributed by atoms with van der Waals surface area (Å²) in [5.74, 6) is 0. The Labute approximate surface area is 67.7 Å². The average Bonchev–Trinajstić information content (AvgIpc) is 2.33. The van der Waals surface area contributed by atoms with Crippen molar-refractivity contribution in [3.05, 3.63) is 22.8 Å². The van der Waals surface area contributed by atoms with Crippen LogP contribution in [0, 0.1) is 0 Å². The standard InChI is InChI=1S/C10H14O/c1-7-3-4-10-9(5-7)8(2)6-11-10/h5,10H,3-4,6H2,1-2H3. The van der Waals surface area contributed by atoms with E-state index < -0.39 is 0 Å². The number of allylic oxidation sites excluding steroid dienone is 1. The van der Waals surface area contributed by atoms with Gasteiger partial charge in [0.1, 0.15) is 0 Å². The van der Waals surface area contributed by atoms with Crippen LogP contribution in [0.4, 0.5) is 0 Å². The highest BCUT2D eigenvalue weighted by Gasteiger charge is 2.24. The molecule has 1 nitrogen and oxygen atoms in total. The lowest BCUT2D eigenvalue weighted by Crippen LogP contribution is -2.12. The van der Waals surface area contributed by atoms with Crippen LogP contribution in [0.5, 0.6) is 0 Å². The maximum atomic E-state index is 5.60. The Morgan fingerprint density at radius 2 is 2.27 bits per heavy atom. The summed E-state index contributed by atoms with van der Waals surface area (Å²) in [6, 6.07) is 0. The van der Waals surface area contributed by atoms with Crippen LogP contribution in [0.15, 0.2) is 22.8 Å². The molecule has 0 amide bonds. The minimum Gasteiger partial charge on any atom is -0.369 e. The highest BCUT2D eigenvalue weighted by Crippen LogP contribution is 2.31. The van der Waals surface area contributed by atoms with E-state index in [-0.39, 0.29) is 0 Å². The zero-order valence-corrected chi connectivity index (χ0v) is 7.18. The van der Waals surface area contributed by atoms with Crippen molar-refractivity contribution in [3.63, 3.8) is 0 Å². The third-order valence-corrected chi connectivity index (χ3v) is 2.54. The normalized spacial score (nSPS) is 30.4. The Morgan fingerprint density at radius 1 is 1.45 bits per heavy atom. The second kappa shape index (κ2) is 2.49. The van der Waals surface area contributed by atoms with Gasteiger partial charge in [-0.25, -0.2) is 0 Å². The molecule has 0 fully saturated rings. The first kappa shape index (κ1) is 7.11. The molecule has 1 heteroatoms. The first-order chi connectivity index (χ1) is 5.27. The molecular formula is C10H14O. The monoisotopic (exact) mass is 150 g/mol. The predicted octanol–water partition coefficient (Wildman–Crippen LogP) is 2.44. The minimum absolute atomic E-state index is 0.429. The summed E-state index contributed by atoms with van der Waals surface area (Å²) in [4.78, 5) is 0. The summed E-state index contributed by atoms with van der Waals surface area (Å²) in [5, 5.41) is 0. The van der Waals surface area contributed by atoms with Crippen molar-refractivity contribution < 1.29 is 4.74 Å². The Hall–Kier alpha value is -0.560. The van der Waals surface area contributed by atoms with Gasteiger partial charge >= 0.3 is 0 Å². The first-order valence-electron chi connectivity index (χ1n) is 4.26. The summed E-state index contributed by atoms with van der Waals surface area (Å²) in [5.41, 5.74) is 4.38. The summed E-state index contributed by atoms with van der Waals surface area (Å²) in [6.07, 6.45) is 5.13. The molecule has 2 aliphatic rings. The third kappa shape index (κ3) is 1.14. The third-order valence-electron chi connectivity index (χ3n) is 2.54. The number of hydrogen-bond acceptors (Lipinski definition) is 1. The van der Waals surface area contributed by atoms with E-state index in [1.807, 2.05) is 0 Å². The maximum Gasteiger partial charge on any atom is 0.0832 e. The van der Waals surface area contributed by atoms with Crippen LogP contribution in [0.2, 0.25) is 0 Å². The SMILES string of the molecule is CC1=CC2=C(C)COC2CC1. The Kier molecular flexibility index (Phi) is 1.61. The van der Waals surface area contributed by atoms with Gasteiger partial charge in [0.2, 0.25) is 0 Å². The van der Waals surface area contributed by atoms with Gasteiger partial charge in [0.05, 0.1) is 12.7 Å². The summed E-state index contributed by atoms with van der Waals surface area (Å²) in [6.45, 7) is 5.23. The van der Waals surface area contributed by atoms with Crippen LogP contribution >= 0.6 is 0 Å². The Morgan fingerprint density at radius 3 is 3.09 bits per heavy atom. The average molecular weight is 150 g/mol. The van der Waals surface area contributed by atoms with E-state index in [2.05, 4.69) is 19.9 Å². The number of hydrogen-bond donors (Lipinski definition) is 0. The fourth-order valence-corrected chi connectivity index (χ4v) is 1.82. The molecule has 11 heavy (non-hydrogen) atoms. The molecule has 60 valence electrons. The van der Waals surface area contributed by atoms with E-state index in [9.17, 15) is 0 Å². The van der Waals surface area contributed by atoms with Crippen LogP contribution in [0.25, 0.3) is 0 Å². The van der Waals surface area contributed by atoms with E-state index in [1.54, 1.807) is 0 Å². The molecule has 1 atom stereocenters. The van der Waals surface area contributed by atoms with E-state index in [4.69, 9.17) is 4.74 Å². The van der Waals surface area contributed by atoms with Crippen molar-refractivity contribution in [1.29, 1.82) is 0 Å². The van der Waals surface area contributed by atoms with E-state index in [1.165, 1.54) is 29.6 Å². The number of rotatable bonds is 0. The van der Waals surface area contributed by atoms with Gasteiger partial charge in [0.25, 0.3) is 0 Å². The van der Waals surface area contributed by atoms with Gasteiger partial charge in [-0.2, -0.15) is 0 Å². The zero-order valence-electron chi connectivity index (χ0n) is 7.18. The van der Waals surface area contributed by atoms with Crippen molar-refractivity contribution in [2.75, 3.05) is 6.61 Å². The van der Waals surface area contributed by atoms with E-state index >= 15 is 0 Å². The van der Waals surface area contributed by atoms with Crippen LogP contribution in [-0.4, -0.2) is 12.7 Å². The predicted molar refractivity (Wildman–Crippen MR) is 45.4 cm³/mol. The molecule has 0 bridgehead atoms. The molecule has 0 saturated heterocycles. The molecule has 0 spiro atoms. The minimum atomic E-state index is 0.429. The van der Waals surface area contributed by atoms with Crippen LogP contribution in [0.3, 0.4) is 0 Å². The molecule has 0 saturated carbocycles.